The molecule has 2 aromatic carbocycles. The number of sulfonamides is 1. The number of nitrogens with one attached hydrogen (secondary N) is 1. The number of oxazole rings is 1. The third kappa shape index (κ3) is 3.51. The molecule has 0 saturated carbocycles. The van der Waals surface area contributed by atoms with Crippen LogP contribution in [0.4, 0.5) is 5.69 Å². The van der Waals surface area contributed by atoms with Crippen molar-refractivity contribution in [2.24, 2.45) is 0 Å². The average Bonchev–Trinajstić information content (AvgIpc) is 2.97. The van der Waals surface area contributed by atoms with Crippen molar-refractivity contribution in [2.45, 2.75) is 39.5 Å². The fourth-order valence-corrected chi connectivity index (χ4v) is 4.54. The highest BCUT2D eigenvalue weighted by Crippen LogP contribution is 2.29. The molecule has 0 fully saturated rings. The van der Waals surface area contributed by atoms with Gasteiger partial charge in [0.05, 0.1) is 16.8 Å². The Bertz CT molecular complexity index is 1060. The van der Waals surface area contributed by atoms with Crippen molar-refractivity contribution >= 4 is 15.7 Å². The van der Waals surface area contributed by atoms with Crippen LogP contribution in [0.1, 0.15) is 28.1 Å². The van der Waals surface area contributed by atoms with E-state index in [1.54, 1.807) is 32.2 Å². The summed E-state index contributed by atoms with van der Waals surface area (Å²) in [5, 5.41) is 0. The molecule has 0 spiro atoms. The fourth-order valence-electron chi connectivity index (χ4n) is 3.07. The van der Waals surface area contributed by atoms with Crippen LogP contribution in [0.25, 0.3) is 11.3 Å². The Balaban J connectivity index is 2.05. The van der Waals surface area contributed by atoms with Gasteiger partial charge in [0.2, 0.25) is 0 Å². The van der Waals surface area contributed by atoms with E-state index in [0.29, 0.717) is 28.5 Å². The lowest BCUT2D eigenvalue weighted by atomic mass is 10.1. The molecule has 3 aromatic rings. The van der Waals surface area contributed by atoms with Crippen LogP contribution in [0.3, 0.4) is 0 Å². The molecule has 0 saturated heterocycles. The molecule has 0 bridgehead atoms. The number of nitrogens with zero attached hydrogens (tertiary/aromatic N) is 1. The Labute approximate surface area is 154 Å². The maximum Gasteiger partial charge on any atom is 0.262 e. The molecule has 0 radical (unpaired) electrons. The number of benzene rings is 2. The van der Waals surface area contributed by atoms with Gasteiger partial charge in [-0.3, -0.25) is 4.72 Å². The van der Waals surface area contributed by atoms with Gasteiger partial charge >= 0.3 is 0 Å². The molecular formula is C20H22N2O3S. The number of aromatic nitrogens is 1. The lowest BCUT2D eigenvalue weighted by molar-refractivity contribution is 0.534. The molecule has 6 heteroatoms. The summed E-state index contributed by atoms with van der Waals surface area (Å²) in [6.07, 6.45) is 1.60. The quantitative estimate of drug-likeness (QED) is 0.723. The minimum Gasteiger partial charge on any atom is -0.441 e. The Morgan fingerprint density at radius 2 is 1.58 bits per heavy atom. The van der Waals surface area contributed by atoms with E-state index in [1.807, 2.05) is 39.0 Å². The second kappa shape index (κ2) is 6.61. The molecule has 0 aliphatic rings. The van der Waals surface area contributed by atoms with Crippen molar-refractivity contribution in [1.29, 1.82) is 0 Å². The summed E-state index contributed by atoms with van der Waals surface area (Å²) >= 11 is 0. The van der Waals surface area contributed by atoms with Gasteiger partial charge in [0, 0.05) is 12.5 Å². The van der Waals surface area contributed by atoms with Crippen molar-refractivity contribution in [2.75, 3.05) is 4.72 Å². The first-order valence-electron chi connectivity index (χ1n) is 8.31. The molecule has 26 heavy (non-hydrogen) atoms. The van der Waals surface area contributed by atoms with Gasteiger partial charge in [-0.05, 0) is 50.5 Å². The van der Waals surface area contributed by atoms with E-state index in [1.165, 1.54) is 0 Å². The normalized spacial score (nSPS) is 11.6. The Hall–Kier alpha value is -2.60. The van der Waals surface area contributed by atoms with Crippen molar-refractivity contribution in [3.05, 3.63) is 64.7 Å². The largest absolute Gasteiger partial charge is 0.441 e. The van der Waals surface area contributed by atoms with Crippen LogP contribution in [0, 0.1) is 34.6 Å². The summed E-state index contributed by atoms with van der Waals surface area (Å²) in [7, 11) is -3.74. The third-order valence-corrected chi connectivity index (χ3v) is 5.79. The molecule has 0 unspecified atom stereocenters. The molecule has 3 rings (SSSR count). The van der Waals surface area contributed by atoms with E-state index in [0.717, 1.165) is 16.7 Å². The molecule has 1 aromatic heterocycles. The molecule has 0 aliphatic carbocycles. The van der Waals surface area contributed by atoms with Gasteiger partial charge < -0.3 is 4.42 Å². The first-order valence-corrected chi connectivity index (χ1v) is 9.80. The maximum atomic E-state index is 13.0. The Morgan fingerprint density at radius 1 is 0.923 bits per heavy atom. The van der Waals surface area contributed by atoms with E-state index >= 15 is 0 Å². The van der Waals surface area contributed by atoms with Crippen LogP contribution in [0.5, 0.6) is 0 Å². The highest BCUT2D eigenvalue weighted by molar-refractivity contribution is 7.92. The number of anilines is 1. The van der Waals surface area contributed by atoms with Gasteiger partial charge in [0.25, 0.3) is 10.0 Å². The van der Waals surface area contributed by atoms with Gasteiger partial charge in [0.1, 0.15) is 0 Å². The summed E-state index contributed by atoms with van der Waals surface area (Å²) in [5.41, 5.74) is 4.85. The molecular weight excluding hydrogens is 348 g/mol. The standard InChI is InChI=1S/C20H22N2O3S/c1-12-8-14(3)20(15(4)9-12)22-26(23,24)19-10-17(7-6-13(19)2)18-11-21-16(5)25-18/h6-11,22H,1-5H3. The lowest BCUT2D eigenvalue weighted by Gasteiger charge is -2.16. The van der Waals surface area contributed by atoms with E-state index in [9.17, 15) is 8.42 Å². The molecule has 1 N–H and O–H groups in total. The SMILES string of the molecule is Cc1cc(C)c(NS(=O)(=O)c2cc(-c3cnc(C)o3)ccc2C)c(C)c1. The summed E-state index contributed by atoms with van der Waals surface area (Å²) in [4.78, 5) is 4.30. The van der Waals surface area contributed by atoms with E-state index in [-0.39, 0.29) is 4.90 Å². The van der Waals surface area contributed by atoms with Crippen LogP contribution in [0.2, 0.25) is 0 Å². The molecule has 0 amide bonds. The smallest absolute Gasteiger partial charge is 0.262 e. The molecule has 0 aliphatic heterocycles. The van der Waals surface area contributed by atoms with Crippen LogP contribution in [0.15, 0.2) is 45.8 Å². The Morgan fingerprint density at radius 3 is 2.15 bits per heavy atom. The van der Waals surface area contributed by atoms with Gasteiger partial charge in [-0.25, -0.2) is 13.4 Å². The highest BCUT2D eigenvalue weighted by Gasteiger charge is 2.20. The predicted molar refractivity (Wildman–Crippen MR) is 103 cm³/mol. The number of hydrogen-bond donors (Lipinski definition) is 1. The van der Waals surface area contributed by atoms with E-state index in [4.69, 9.17) is 4.42 Å². The topological polar surface area (TPSA) is 72.2 Å². The summed E-state index contributed by atoms with van der Waals surface area (Å²) in [6.45, 7) is 9.32. The minimum absolute atomic E-state index is 0.225. The molecule has 136 valence electrons. The monoisotopic (exact) mass is 370 g/mol. The second-order valence-electron chi connectivity index (χ2n) is 6.60. The second-order valence-corrected chi connectivity index (χ2v) is 8.25. The highest BCUT2D eigenvalue weighted by atomic mass is 32.2. The number of hydrogen-bond acceptors (Lipinski definition) is 4. The zero-order chi connectivity index (χ0) is 19.1. The predicted octanol–water partition coefficient (Wildman–Crippen LogP) is 4.68. The van der Waals surface area contributed by atoms with Crippen molar-refractivity contribution < 1.29 is 12.8 Å². The van der Waals surface area contributed by atoms with Gasteiger partial charge in [0.15, 0.2) is 11.7 Å². The zero-order valence-electron chi connectivity index (χ0n) is 15.5. The lowest BCUT2D eigenvalue weighted by Crippen LogP contribution is -2.16. The van der Waals surface area contributed by atoms with Gasteiger partial charge in [-0.2, -0.15) is 0 Å². The molecule has 0 atom stereocenters. The maximum absolute atomic E-state index is 13.0. The van der Waals surface area contributed by atoms with Gasteiger partial charge in [-0.1, -0.05) is 29.8 Å². The van der Waals surface area contributed by atoms with Crippen LogP contribution in [-0.2, 0) is 10.0 Å². The summed E-state index contributed by atoms with van der Waals surface area (Å²) in [6, 6.07) is 9.15. The first kappa shape index (κ1) is 18.2. The fraction of sp³-hybridized carbons (Fsp3) is 0.250. The summed E-state index contributed by atoms with van der Waals surface area (Å²) in [5.74, 6) is 1.08. The van der Waals surface area contributed by atoms with Gasteiger partial charge in [-0.15, -0.1) is 0 Å². The third-order valence-electron chi connectivity index (χ3n) is 4.30. The first-order chi connectivity index (χ1) is 12.2. The van der Waals surface area contributed by atoms with Crippen LogP contribution >= 0.6 is 0 Å². The van der Waals surface area contributed by atoms with E-state index < -0.39 is 10.0 Å². The van der Waals surface area contributed by atoms with E-state index in [2.05, 4.69) is 9.71 Å². The van der Waals surface area contributed by atoms with Crippen LogP contribution < -0.4 is 4.72 Å². The summed E-state index contributed by atoms with van der Waals surface area (Å²) < 4.78 is 34.4. The molecule has 5 nitrogen and oxygen atoms in total. The van der Waals surface area contributed by atoms with Crippen molar-refractivity contribution in [1.82, 2.24) is 4.98 Å². The number of rotatable bonds is 4. The Kier molecular flexibility index (Phi) is 4.63. The average molecular weight is 370 g/mol. The minimum atomic E-state index is -3.74. The van der Waals surface area contributed by atoms with Crippen molar-refractivity contribution in [3.63, 3.8) is 0 Å². The molecule has 1 heterocycles. The van der Waals surface area contributed by atoms with Crippen molar-refractivity contribution in [3.8, 4) is 11.3 Å². The van der Waals surface area contributed by atoms with Crippen LogP contribution in [-0.4, -0.2) is 13.4 Å². The number of aryl methyl sites for hydroxylation is 5. The zero-order valence-corrected chi connectivity index (χ0v) is 16.4.